The molecule has 3 heteroatoms. The van der Waals surface area contributed by atoms with Gasteiger partial charge in [0.05, 0.1) is 18.8 Å². The van der Waals surface area contributed by atoms with Crippen molar-refractivity contribution in [2.75, 3.05) is 13.7 Å². The van der Waals surface area contributed by atoms with E-state index in [-0.39, 0.29) is 39.8 Å². The van der Waals surface area contributed by atoms with Crippen molar-refractivity contribution in [2.24, 2.45) is 50.2 Å². The summed E-state index contributed by atoms with van der Waals surface area (Å²) >= 11 is 0. The standard InChI is InChI=1S/C31H52O3/c1-26(2)17-21-20-9-10-23-28(4)13-12-24(33)29(5,19-32)22(28)11-14-31(23,7)30(20,6)16-15-27(21,3)25(18-26)34-8/h9,21-25,32-33H,10-19H2,1-8H3/t21-,22+,23+,24-,25?,27+,28-,29+,30+,31+/m0/s1. The summed E-state index contributed by atoms with van der Waals surface area (Å²) < 4.78 is 6.20. The number of hydrogen-bond acceptors (Lipinski definition) is 3. The number of allylic oxidation sites excluding steroid dienone is 2. The second-order valence-corrected chi connectivity index (χ2v) is 15.4. The van der Waals surface area contributed by atoms with Crippen molar-refractivity contribution in [3.63, 3.8) is 0 Å². The molecule has 0 aromatic heterocycles. The smallest absolute Gasteiger partial charge is 0.0635 e. The van der Waals surface area contributed by atoms with E-state index < -0.39 is 0 Å². The Morgan fingerprint density at radius 2 is 1.59 bits per heavy atom. The highest BCUT2D eigenvalue weighted by molar-refractivity contribution is 5.34. The van der Waals surface area contributed by atoms with E-state index in [4.69, 9.17) is 4.74 Å². The molecule has 5 aliphatic carbocycles. The van der Waals surface area contributed by atoms with Crippen molar-refractivity contribution in [1.82, 2.24) is 0 Å². The molecule has 0 aromatic carbocycles. The van der Waals surface area contributed by atoms with Crippen LogP contribution in [0.3, 0.4) is 0 Å². The predicted molar refractivity (Wildman–Crippen MR) is 138 cm³/mol. The number of rotatable bonds is 2. The monoisotopic (exact) mass is 472 g/mol. The minimum absolute atomic E-state index is 0.101. The third kappa shape index (κ3) is 2.99. The summed E-state index contributed by atoms with van der Waals surface area (Å²) in [6, 6.07) is 0. The largest absolute Gasteiger partial charge is 0.396 e. The summed E-state index contributed by atoms with van der Waals surface area (Å²) in [5.41, 5.74) is 2.62. The lowest BCUT2D eigenvalue weighted by Crippen LogP contribution is -2.66. The zero-order valence-electron chi connectivity index (χ0n) is 23.3. The molecule has 0 amide bonds. The molecule has 0 aromatic rings. The SMILES string of the molecule is COC1CC(C)(C)C[C@H]2C3=CC[C@@H]4[C@@]5(C)CC[C@H](O)[C@](C)(CO)[C@@H]5CC[C@@]4(C)[C@]3(C)CC[C@@]12C. The van der Waals surface area contributed by atoms with Gasteiger partial charge in [-0.25, -0.2) is 0 Å². The molecule has 4 fully saturated rings. The minimum Gasteiger partial charge on any atom is -0.396 e. The topological polar surface area (TPSA) is 49.7 Å². The molecule has 2 N–H and O–H groups in total. The lowest BCUT2D eigenvalue weighted by molar-refractivity contribution is -0.219. The molecule has 194 valence electrons. The van der Waals surface area contributed by atoms with Gasteiger partial charge in [0, 0.05) is 17.9 Å². The van der Waals surface area contributed by atoms with Crippen LogP contribution in [-0.2, 0) is 4.74 Å². The number of hydrogen-bond donors (Lipinski definition) is 2. The van der Waals surface area contributed by atoms with Crippen LogP contribution in [-0.4, -0.2) is 36.1 Å². The lowest BCUT2D eigenvalue weighted by Gasteiger charge is -2.71. The fraction of sp³-hybridized carbons (Fsp3) is 0.935. The van der Waals surface area contributed by atoms with Gasteiger partial charge in [-0.2, -0.15) is 0 Å². The average molecular weight is 473 g/mol. The fourth-order valence-electron chi connectivity index (χ4n) is 11.0. The van der Waals surface area contributed by atoms with Crippen LogP contribution in [0.4, 0.5) is 0 Å². The lowest BCUT2D eigenvalue weighted by atomic mass is 9.33. The van der Waals surface area contributed by atoms with E-state index >= 15 is 0 Å². The Bertz CT molecular complexity index is 863. The first-order chi connectivity index (χ1) is 15.7. The first-order valence-electron chi connectivity index (χ1n) is 14.2. The molecule has 5 rings (SSSR count). The highest BCUT2D eigenvalue weighted by atomic mass is 16.5. The van der Waals surface area contributed by atoms with E-state index in [1.54, 1.807) is 5.57 Å². The molecule has 34 heavy (non-hydrogen) atoms. The zero-order valence-corrected chi connectivity index (χ0v) is 23.3. The van der Waals surface area contributed by atoms with Crippen LogP contribution < -0.4 is 0 Å². The number of fused-ring (bicyclic) bond motifs is 7. The van der Waals surface area contributed by atoms with E-state index in [1.807, 2.05) is 7.11 Å². The molecule has 0 aliphatic heterocycles. The van der Waals surface area contributed by atoms with Crippen LogP contribution in [0.5, 0.6) is 0 Å². The van der Waals surface area contributed by atoms with Gasteiger partial charge in [-0.15, -0.1) is 0 Å². The molecule has 5 aliphatic rings. The van der Waals surface area contributed by atoms with Gasteiger partial charge in [-0.05, 0) is 97.2 Å². The molecule has 0 spiro atoms. The van der Waals surface area contributed by atoms with Crippen LogP contribution in [0.25, 0.3) is 0 Å². The average Bonchev–Trinajstić information content (AvgIpc) is 2.77. The summed E-state index contributed by atoms with van der Waals surface area (Å²) in [5.74, 6) is 1.62. The third-order valence-electron chi connectivity index (χ3n) is 13.5. The van der Waals surface area contributed by atoms with Gasteiger partial charge in [-0.3, -0.25) is 0 Å². The number of ether oxygens (including phenoxy) is 1. The van der Waals surface area contributed by atoms with Gasteiger partial charge < -0.3 is 14.9 Å². The van der Waals surface area contributed by atoms with E-state index in [0.717, 1.165) is 25.7 Å². The van der Waals surface area contributed by atoms with Gasteiger partial charge in [-0.1, -0.05) is 60.1 Å². The van der Waals surface area contributed by atoms with Crippen molar-refractivity contribution in [3.8, 4) is 0 Å². The highest BCUT2D eigenvalue weighted by Gasteiger charge is 2.69. The third-order valence-corrected chi connectivity index (χ3v) is 13.5. The Morgan fingerprint density at radius 3 is 2.24 bits per heavy atom. The maximum atomic E-state index is 11.0. The maximum absolute atomic E-state index is 11.0. The van der Waals surface area contributed by atoms with Crippen molar-refractivity contribution in [2.45, 2.75) is 118 Å². The fourth-order valence-corrected chi connectivity index (χ4v) is 11.0. The van der Waals surface area contributed by atoms with Gasteiger partial charge in [0.2, 0.25) is 0 Å². The summed E-state index contributed by atoms with van der Waals surface area (Å²) in [6.07, 6.45) is 13.1. The van der Waals surface area contributed by atoms with Gasteiger partial charge in [0.15, 0.2) is 0 Å². The van der Waals surface area contributed by atoms with Crippen molar-refractivity contribution in [1.29, 1.82) is 0 Å². The molecule has 4 saturated carbocycles. The van der Waals surface area contributed by atoms with Crippen molar-refractivity contribution in [3.05, 3.63) is 11.6 Å². The van der Waals surface area contributed by atoms with Gasteiger partial charge in [0.25, 0.3) is 0 Å². The molecule has 1 unspecified atom stereocenters. The predicted octanol–water partition coefficient (Wildman–Crippen LogP) is 6.77. The minimum atomic E-state index is -0.379. The van der Waals surface area contributed by atoms with E-state index in [2.05, 4.69) is 54.5 Å². The number of aliphatic hydroxyl groups excluding tert-OH is 2. The summed E-state index contributed by atoms with van der Waals surface area (Å²) in [5, 5.41) is 21.4. The number of aliphatic hydroxyl groups is 2. The van der Waals surface area contributed by atoms with E-state index in [9.17, 15) is 10.2 Å². The maximum Gasteiger partial charge on any atom is 0.0635 e. The molecular weight excluding hydrogens is 420 g/mol. The van der Waals surface area contributed by atoms with Crippen LogP contribution in [0.1, 0.15) is 106 Å². The molecular formula is C31H52O3. The summed E-state index contributed by atoms with van der Waals surface area (Å²) in [7, 11) is 1.94. The summed E-state index contributed by atoms with van der Waals surface area (Å²) in [6.45, 7) is 17.5. The molecule has 0 radical (unpaired) electrons. The van der Waals surface area contributed by atoms with Gasteiger partial charge in [0.1, 0.15) is 0 Å². The van der Waals surface area contributed by atoms with E-state index in [0.29, 0.717) is 29.3 Å². The van der Waals surface area contributed by atoms with Crippen LogP contribution in [0.15, 0.2) is 11.6 Å². The van der Waals surface area contributed by atoms with Crippen LogP contribution in [0, 0.1) is 50.2 Å². The zero-order chi connectivity index (χ0) is 24.9. The normalized spacial score (nSPS) is 56.4. The molecule has 0 heterocycles. The quantitative estimate of drug-likeness (QED) is 0.436. The van der Waals surface area contributed by atoms with E-state index in [1.165, 1.54) is 32.1 Å². The Labute approximate surface area is 209 Å². The second kappa shape index (κ2) is 7.57. The van der Waals surface area contributed by atoms with Crippen LogP contribution >= 0.6 is 0 Å². The van der Waals surface area contributed by atoms with Crippen LogP contribution in [0.2, 0.25) is 0 Å². The first kappa shape index (κ1) is 25.3. The summed E-state index contributed by atoms with van der Waals surface area (Å²) in [4.78, 5) is 0. The first-order valence-corrected chi connectivity index (χ1v) is 14.2. The Kier molecular flexibility index (Phi) is 5.63. The molecule has 10 atom stereocenters. The van der Waals surface area contributed by atoms with Gasteiger partial charge >= 0.3 is 0 Å². The molecule has 0 saturated heterocycles. The Hall–Kier alpha value is -0.380. The van der Waals surface area contributed by atoms with Crippen molar-refractivity contribution >= 4 is 0 Å². The Morgan fingerprint density at radius 1 is 0.882 bits per heavy atom. The molecule has 3 nitrogen and oxygen atoms in total. The highest BCUT2D eigenvalue weighted by Crippen LogP contribution is 2.75. The second-order valence-electron chi connectivity index (χ2n) is 15.4. The van der Waals surface area contributed by atoms with Crippen molar-refractivity contribution < 1.29 is 14.9 Å². The Balaban J connectivity index is 1.58. The molecule has 0 bridgehead atoms. The number of methoxy groups -OCH3 is 1.